The molecule has 3 aromatic rings. The summed E-state index contributed by atoms with van der Waals surface area (Å²) >= 11 is 0. The molecule has 0 radical (unpaired) electrons. The third-order valence-corrected chi connectivity index (χ3v) is 5.65. The van der Waals surface area contributed by atoms with Gasteiger partial charge in [-0.05, 0) is 50.9 Å². The summed E-state index contributed by atoms with van der Waals surface area (Å²) in [4.78, 5) is 11.3. The Labute approximate surface area is 157 Å². The Hall–Kier alpha value is -2.54. The summed E-state index contributed by atoms with van der Waals surface area (Å²) < 4.78 is 16.8. The number of nitrogens with one attached hydrogen (secondary N) is 1. The van der Waals surface area contributed by atoms with Gasteiger partial charge in [-0.15, -0.1) is 0 Å². The Morgan fingerprint density at radius 3 is 2.70 bits per heavy atom. The van der Waals surface area contributed by atoms with Crippen LogP contribution in [0.15, 0.2) is 30.7 Å². The molecule has 2 saturated heterocycles. The van der Waals surface area contributed by atoms with E-state index in [9.17, 15) is 4.39 Å². The molecule has 6 nitrogen and oxygen atoms in total. The first-order valence-corrected chi connectivity index (χ1v) is 9.75. The Kier molecular flexibility index (Phi) is 4.24. The van der Waals surface area contributed by atoms with Crippen molar-refractivity contribution in [3.63, 3.8) is 0 Å². The summed E-state index contributed by atoms with van der Waals surface area (Å²) in [7, 11) is 0. The molecule has 140 valence electrons. The second kappa shape index (κ2) is 6.88. The number of hydrogen-bond donors (Lipinski definition) is 1. The van der Waals surface area contributed by atoms with Crippen LogP contribution in [0.2, 0.25) is 0 Å². The molecular formula is C20H23FN6. The SMILES string of the molecule is Fc1cnc2ccc(N3CCCC3)nc2c1-c1cnn(C2CCNCC2)c1. The number of halogens is 1. The first-order chi connectivity index (χ1) is 13.3. The van der Waals surface area contributed by atoms with E-state index in [-0.39, 0.29) is 5.82 Å². The smallest absolute Gasteiger partial charge is 0.151 e. The van der Waals surface area contributed by atoms with Gasteiger partial charge in [-0.25, -0.2) is 9.37 Å². The van der Waals surface area contributed by atoms with Gasteiger partial charge in [-0.3, -0.25) is 9.67 Å². The maximum absolute atomic E-state index is 14.8. The normalized spacial score (nSPS) is 18.5. The molecule has 5 rings (SSSR count). The van der Waals surface area contributed by atoms with E-state index in [1.165, 1.54) is 19.0 Å². The first kappa shape index (κ1) is 16.6. The number of nitrogens with zero attached hydrogens (tertiary/aromatic N) is 5. The number of rotatable bonds is 3. The fourth-order valence-electron chi connectivity index (χ4n) is 4.17. The monoisotopic (exact) mass is 366 g/mol. The van der Waals surface area contributed by atoms with Crippen LogP contribution in [0.1, 0.15) is 31.7 Å². The minimum Gasteiger partial charge on any atom is -0.357 e. The molecule has 0 bridgehead atoms. The van der Waals surface area contributed by atoms with Crippen LogP contribution in [0.5, 0.6) is 0 Å². The summed E-state index contributed by atoms with van der Waals surface area (Å²) in [5.41, 5.74) is 2.60. The van der Waals surface area contributed by atoms with Crippen molar-refractivity contribution in [3.8, 4) is 11.1 Å². The average molecular weight is 366 g/mol. The summed E-state index contributed by atoms with van der Waals surface area (Å²) in [6, 6.07) is 4.29. The zero-order valence-electron chi connectivity index (χ0n) is 15.2. The van der Waals surface area contributed by atoms with E-state index in [4.69, 9.17) is 4.98 Å². The molecule has 0 unspecified atom stereocenters. The van der Waals surface area contributed by atoms with Gasteiger partial charge in [0.25, 0.3) is 0 Å². The zero-order chi connectivity index (χ0) is 18.2. The van der Waals surface area contributed by atoms with Gasteiger partial charge >= 0.3 is 0 Å². The average Bonchev–Trinajstić information content (AvgIpc) is 3.40. The minimum absolute atomic E-state index is 0.349. The molecule has 0 saturated carbocycles. The molecule has 0 aliphatic carbocycles. The van der Waals surface area contributed by atoms with Crippen LogP contribution in [0.4, 0.5) is 10.2 Å². The van der Waals surface area contributed by atoms with Gasteiger partial charge in [0.15, 0.2) is 5.82 Å². The van der Waals surface area contributed by atoms with Crippen molar-refractivity contribution in [1.82, 2.24) is 25.1 Å². The second-order valence-corrected chi connectivity index (χ2v) is 7.40. The summed E-state index contributed by atoms with van der Waals surface area (Å²) in [6.07, 6.45) is 9.43. The van der Waals surface area contributed by atoms with Crippen LogP contribution in [0.25, 0.3) is 22.2 Å². The molecular weight excluding hydrogens is 343 g/mol. The van der Waals surface area contributed by atoms with Gasteiger partial charge in [0.05, 0.1) is 29.5 Å². The standard InChI is InChI=1S/C20H23FN6/c21-16-12-23-17-3-4-18(26-9-1-2-10-26)25-20(17)19(16)14-11-24-27(13-14)15-5-7-22-8-6-15/h3-4,11-13,15,22H,1-2,5-10H2. The topological polar surface area (TPSA) is 58.9 Å². The molecule has 3 aromatic heterocycles. The molecule has 2 aliphatic heterocycles. The van der Waals surface area contributed by atoms with Gasteiger partial charge in [0.1, 0.15) is 11.3 Å². The maximum Gasteiger partial charge on any atom is 0.151 e. The lowest BCUT2D eigenvalue weighted by molar-refractivity contribution is 0.343. The summed E-state index contributed by atoms with van der Waals surface area (Å²) in [5, 5.41) is 7.89. The van der Waals surface area contributed by atoms with Crippen molar-refractivity contribution in [3.05, 3.63) is 36.5 Å². The molecule has 27 heavy (non-hydrogen) atoms. The predicted molar refractivity (Wildman–Crippen MR) is 103 cm³/mol. The number of aromatic nitrogens is 4. The highest BCUT2D eigenvalue weighted by Crippen LogP contribution is 2.32. The quantitative estimate of drug-likeness (QED) is 0.772. The highest BCUT2D eigenvalue weighted by molar-refractivity contribution is 5.92. The maximum atomic E-state index is 14.8. The Balaban J connectivity index is 1.58. The van der Waals surface area contributed by atoms with Crippen molar-refractivity contribution in [2.45, 2.75) is 31.7 Å². The van der Waals surface area contributed by atoms with Crippen LogP contribution in [0, 0.1) is 5.82 Å². The van der Waals surface area contributed by atoms with Gasteiger partial charge in [0, 0.05) is 24.8 Å². The number of pyridine rings is 2. The molecule has 2 aliphatic rings. The summed E-state index contributed by atoms with van der Waals surface area (Å²) in [6.45, 7) is 3.99. The molecule has 7 heteroatoms. The van der Waals surface area contributed by atoms with E-state index in [2.05, 4.69) is 20.3 Å². The number of anilines is 1. The highest BCUT2D eigenvalue weighted by atomic mass is 19.1. The van der Waals surface area contributed by atoms with Crippen LogP contribution < -0.4 is 10.2 Å². The van der Waals surface area contributed by atoms with E-state index in [1.54, 1.807) is 6.20 Å². The molecule has 2 fully saturated rings. The van der Waals surface area contributed by atoms with E-state index < -0.39 is 0 Å². The Bertz CT molecular complexity index is 956. The van der Waals surface area contributed by atoms with Crippen molar-refractivity contribution in [2.24, 2.45) is 0 Å². The zero-order valence-corrected chi connectivity index (χ0v) is 15.2. The van der Waals surface area contributed by atoms with Crippen LogP contribution in [-0.2, 0) is 0 Å². The number of fused-ring (bicyclic) bond motifs is 1. The van der Waals surface area contributed by atoms with E-state index >= 15 is 0 Å². The minimum atomic E-state index is -0.349. The lowest BCUT2D eigenvalue weighted by atomic mass is 10.1. The number of hydrogen-bond acceptors (Lipinski definition) is 5. The third kappa shape index (κ3) is 3.06. The van der Waals surface area contributed by atoms with E-state index in [1.807, 2.05) is 23.0 Å². The van der Waals surface area contributed by atoms with E-state index in [0.717, 1.165) is 50.4 Å². The van der Waals surface area contributed by atoms with Gasteiger partial charge < -0.3 is 10.2 Å². The first-order valence-electron chi connectivity index (χ1n) is 9.75. The van der Waals surface area contributed by atoms with Crippen LogP contribution in [-0.4, -0.2) is 45.9 Å². The Morgan fingerprint density at radius 1 is 1.07 bits per heavy atom. The number of piperidine rings is 1. The highest BCUT2D eigenvalue weighted by Gasteiger charge is 2.20. The Morgan fingerprint density at radius 2 is 1.89 bits per heavy atom. The lowest BCUT2D eigenvalue weighted by Gasteiger charge is -2.22. The fourth-order valence-corrected chi connectivity index (χ4v) is 4.17. The van der Waals surface area contributed by atoms with Gasteiger partial charge in [0.2, 0.25) is 0 Å². The second-order valence-electron chi connectivity index (χ2n) is 7.40. The molecule has 5 heterocycles. The largest absolute Gasteiger partial charge is 0.357 e. The molecule has 1 N–H and O–H groups in total. The fraction of sp³-hybridized carbons (Fsp3) is 0.450. The molecule has 0 amide bonds. The predicted octanol–water partition coefficient (Wildman–Crippen LogP) is 3.16. The van der Waals surface area contributed by atoms with Crippen molar-refractivity contribution in [1.29, 1.82) is 0 Å². The molecule has 0 spiro atoms. The third-order valence-electron chi connectivity index (χ3n) is 5.65. The van der Waals surface area contributed by atoms with Crippen molar-refractivity contribution in [2.75, 3.05) is 31.1 Å². The molecule has 0 aromatic carbocycles. The van der Waals surface area contributed by atoms with Gasteiger partial charge in [-0.2, -0.15) is 5.10 Å². The van der Waals surface area contributed by atoms with E-state index in [0.29, 0.717) is 22.6 Å². The van der Waals surface area contributed by atoms with Crippen molar-refractivity contribution >= 4 is 16.9 Å². The molecule has 0 atom stereocenters. The van der Waals surface area contributed by atoms with Crippen LogP contribution >= 0.6 is 0 Å². The van der Waals surface area contributed by atoms with Crippen LogP contribution in [0.3, 0.4) is 0 Å². The summed E-state index contributed by atoms with van der Waals surface area (Å²) in [5.74, 6) is 0.554. The van der Waals surface area contributed by atoms with Gasteiger partial charge in [-0.1, -0.05) is 0 Å². The van der Waals surface area contributed by atoms with Crippen molar-refractivity contribution < 1.29 is 4.39 Å². The lowest BCUT2D eigenvalue weighted by Crippen LogP contribution is -2.29.